The van der Waals surface area contributed by atoms with E-state index in [4.69, 9.17) is 14.6 Å². The predicted molar refractivity (Wildman–Crippen MR) is 71.5 cm³/mol. The van der Waals surface area contributed by atoms with Gasteiger partial charge in [0.05, 0.1) is 19.8 Å². The number of carbonyl (C=O) groups excluding carboxylic acids is 1. The molecular weight excluding hydrogens is 232 g/mol. The van der Waals surface area contributed by atoms with E-state index in [1.807, 2.05) is 0 Å². The Balaban J connectivity index is 3.12. The van der Waals surface area contributed by atoms with E-state index in [1.165, 1.54) is 32.1 Å². The SMILES string of the molecule is CCCCCCCCCC(=O)OCCOCCO. The molecule has 0 aliphatic rings. The molecule has 0 aliphatic carbocycles. The quantitative estimate of drug-likeness (QED) is 0.408. The minimum Gasteiger partial charge on any atom is -0.463 e. The zero-order chi connectivity index (χ0) is 13.5. The highest BCUT2D eigenvalue weighted by molar-refractivity contribution is 5.69. The molecule has 0 saturated heterocycles. The van der Waals surface area contributed by atoms with Gasteiger partial charge in [-0.15, -0.1) is 0 Å². The lowest BCUT2D eigenvalue weighted by molar-refractivity contribution is -0.145. The van der Waals surface area contributed by atoms with Crippen LogP contribution in [0.25, 0.3) is 0 Å². The van der Waals surface area contributed by atoms with Crippen molar-refractivity contribution in [3.8, 4) is 0 Å². The summed E-state index contributed by atoms with van der Waals surface area (Å²) in [6.07, 6.45) is 8.92. The third kappa shape index (κ3) is 13.5. The summed E-state index contributed by atoms with van der Waals surface area (Å²) in [7, 11) is 0. The molecule has 108 valence electrons. The number of ether oxygens (including phenoxy) is 2. The number of rotatable bonds is 13. The molecule has 0 aromatic heterocycles. The van der Waals surface area contributed by atoms with Crippen LogP contribution < -0.4 is 0 Å². The van der Waals surface area contributed by atoms with Gasteiger partial charge < -0.3 is 14.6 Å². The Bertz CT molecular complexity index is 183. The van der Waals surface area contributed by atoms with Crippen molar-refractivity contribution in [2.75, 3.05) is 26.4 Å². The van der Waals surface area contributed by atoms with Crippen LogP contribution in [0.15, 0.2) is 0 Å². The Morgan fingerprint density at radius 2 is 1.61 bits per heavy atom. The molecule has 0 saturated carbocycles. The maximum absolute atomic E-state index is 11.3. The van der Waals surface area contributed by atoms with Crippen LogP contribution in [0, 0.1) is 0 Å². The Hall–Kier alpha value is -0.610. The van der Waals surface area contributed by atoms with Crippen LogP contribution in [-0.2, 0) is 14.3 Å². The number of aliphatic hydroxyl groups is 1. The summed E-state index contributed by atoms with van der Waals surface area (Å²) in [6.45, 7) is 3.17. The summed E-state index contributed by atoms with van der Waals surface area (Å²) in [4.78, 5) is 11.3. The van der Waals surface area contributed by atoms with Crippen LogP contribution in [0.5, 0.6) is 0 Å². The van der Waals surface area contributed by atoms with Crippen LogP contribution in [0.3, 0.4) is 0 Å². The molecule has 0 aliphatic heterocycles. The molecule has 4 heteroatoms. The standard InChI is InChI=1S/C14H28O4/c1-2-3-4-5-6-7-8-9-14(16)18-13-12-17-11-10-15/h15H,2-13H2,1H3. The van der Waals surface area contributed by atoms with Crippen LogP contribution in [0.1, 0.15) is 58.3 Å². The molecule has 1 N–H and O–H groups in total. The van der Waals surface area contributed by atoms with Crippen molar-refractivity contribution in [1.29, 1.82) is 0 Å². The van der Waals surface area contributed by atoms with E-state index in [1.54, 1.807) is 0 Å². The van der Waals surface area contributed by atoms with Crippen LogP contribution in [0.4, 0.5) is 0 Å². The highest BCUT2D eigenvalue weighted by atomic mass is 16.6. The maximum atomic E-state index is 11.3. The molecule has 0 aromatic carbocycles. The molecule has 0 radical (unpaired) electrons. The highest BCUT2D eigenvalue weighted by Crippen LogP contribution is 2.08. The van der Waals surface area contributed by atoms with Gasteiger partial charge in [0.1, 0.15) is 6.61 Å². The van der Waals surface area contributed by atoms with Gasteiger partial charge in [-0.05, 0) is 6.42 Å². The summed E-state index contributed by atoms with van der Waals surface area (Å²) in [6, 6.07) is 0. The van der Waals surface area contributed by atoms with Gasteiger partial charge in [0.25, 0.3) is 0 Å². The van der Waals surface area contributed by atoms with E-state index in [9.17, 15) is 4.79 Å². The Morgan fingerprint density at radius 1 is 0.944 bits per heavy atom. The maximum Gasteiger partial charge on any atom is 0.305 e. The highest BCUT2D eigenvalue weighted by Gasteiger charge is 2.02. The van der Waals surface area contributed by atoms with Crippen molar-refractivity contribution in [2.45, 2.75) is 58.3 Å². The van der Waals surface area contributed by atoms with Gasteiger partial charge in [0, 0.05) is 6.42 Å². The van der Waals surface area contributed by atoms with Crippen LogP contribution in [-0.4, -0.2) is 37.5 Å². The van der Waals surface area contributed by atoms with Gasteiger partial charge in [0.2, 0.25) is 0 Å². The lowest BCUT2D eigenvalue weighted by Gasteiger charge is -2.05. The largest absolute Gasteiger partial charge is 0.463 e. The first-order chi connectivity index (χ1) is 8.81. The Morgan fingerprint density at radius 3 is 2.28 bits per heavy atom. The smallest absolute Gasteiger partial charge is 0.305 e. The fourth-order valence-corrected chi connectivity index (χ4v) is 1.68. The average molecular weight is 260 g/mol. The number of hydrogen-bond acceptors (Lipinski definition) is 4. The predicted octanol–water partition coefficient (Wildman–Crippen LogP) is 2.68. The fourth-order valence-electron chi connectivity index (χ4n) is 1.68. The van der Waals surface area contributed by atoms with Gasteiger partial charge in [0.15, 0.2) is 0 Å². The third-order valence-electron chi connectivity index (χ3n) is 2.71. The molecule has 4 nitrogen and oxygen atoms in total. The normalized spacial score (nSPS) is 10.6. The molecule has 0 unspecified atom stereocenters. The van der Waals surface area contributed by atoms with Gasteiger partial charge in [-0.1, -0.05) is 45.4 Å². The molecule has 18 heavy (non-hydrogen) atoms. The zero-order valence-corrected chi connectivity index (χ0v) is 11.7. The first-order valence-corrected chi connectivity index (χ1v) is 7.15. The van der Waals surface area contributed by atoms with Crippen molar-refractivity contribution in [3.63, 3.8) is 0 Å². The Labute approximate surface area is 111 Å². The first kappa shape index (κ1) is 17.4. The molecule has 0 heterocycles. The first-order valence-electron chi connectivity index (χ1n) is 7.15. The van der Waals surface area contributed by atoms with Crippen molar-refractivity contribution in [2.24, 2.45) is 0 Å². The third-order valence-corrected chi connectivity index (χ3v) is 2.71. The summed E-state index contributed by atoms with van der Waals surface area (Å²) < 4.78 is 9.97. The molecule has 0 aromatic rings. The van der Waals surface area contributed by atoms with E-state index < -0.39 is 0 Å². The number of aliphatic hydroxyl groups excluding tert-OH is 1. The van der Waals surface area contributed by atoms with Gasteiger partial charge in [-0.2, -0.15) is 0 Å². The van der Waals surface area contributed by atoms with E-state index in [2.05, 4.69) is 6.92 Å². The van der Waals surface area contributed by atoms with E-state index in [-0.39, 0.29) is 19.2 Å². The number of hydrogen-bond donors (Lipinski definition) is 1. The fraction of sp³-hybridized carbons (Fsp3) is 0.929. The average Bonchev–Trinajstić information content (AvgIpc) is 2.37. The van der Waals surface area contributed by atoms with E-state index in [0.717, 1.165) is 12.8 Å². The zero-order valence-electron chi connectivity index (χ0n) is 11.7. The summed E-state index contributed by atoms with van der Waals surface area (Å²) in [5, 5.41) is 8.46. The summed E-state index contributed by atoms with van der Waals surface area (Å²) in [5.41, 5.74) is 0. The van der Waals surface area contributed by atoms with Crippen molar-refractivity contribution >= 4 is 5.97 Å². The second kappa shape index (κ2) is 14.5. The summed E-state index contributed by atoms with van der Waals surface area (Å²) in [5.74, 6) is -0.142. The molecular formula is C14H28O4. The molecule has 0 rings (SSSR count). The van der Waals surface area contributed by atoms with Crippen molar-refractivity contribution in [1.82, 2.24) is 0 Å². The minimum atomic E-state index is -0.142. The topological polar surface area (TPSA) is 55.8 Å². The molecule has 0 fully saturated rings. The van der Waals surface area contributed by atoms with Crippen LogP contribution >= 0.6 is 0 Å². The molecule has 0 amide bonds. The molecule has 0 spiro atoms. The Kier molecular flexibility index (Phi) is 14.0. The van der Waals surface area contributed by atoms with Crippen LogP contribution in [0.2, 0.25) is 0 Å². The van der Waals surface area contributed by atoms with Gasteiger partial charge in [-0.25, -0.2) is 0 Å². The minimum absolute atomic E-state index is 0.00593. The number of esters is 1. The van der Waals surface area contributed by atoms with Crippen molar-refractivity contribution in [3.05, 3.63) is 0 Å². The van der Waals surface area contributed by atoms with E-state index in [0.29, 0.717) is 19.6 Å². The lowest BCUT2D eigenvalue weighted by atomic mass is 10.1. The molecule has 0 atom stereocenters. The monoisotopic (exact) mass is 260 g/mol. The van der Waals surface area contributed by atoms with Gasteiger partial charge in [-0.3, -0.25) is 4.79 Å². The number of unbranched alkanes of at least 4 members (excludes halogenated alkanes) is 6. The summed E-state index contributed by atoms with van der Waals surface area (Å²) >= 11 is 0. The van der Waals surface area contributed by atoms with Gasteiger partial charge >= 0.3 is 5.97 Å². The van der Waals surface area contributed by atoms with Crippen molar-refractivity contribution < 1.29 is 19.4 Å². The number of carbonyl (C=O) groups is 1. The second-order valence-electron chi connectivity index (χ2n) is 4.43. The molecule has 0 bridgehead atoms. The second-order valence-corrected chi connectivity index (χ2v) is 4.43. The lowest BCUT2D eigenvalue weighted by Crippen LogP contribution is -2.11. The van der Waals surface area contributed by atoms with E-state index >= 15 is 0 Å².